The van der Waals surface area contributed by atoms with Gasteiger partial charge >= 0.3 is 0 Å². The molecule has 4 heteroatoms. The maximum atomic E-state index is 12.7. The molecule has 0 aliphatic rings. The van der Waals surface area contributed by atoms with Crippen LogP contribution in [0, 0.1) is 20.7 Å². The first-order chi connectivity index (χ1) is 4.75. The van der Waals surface area contributed by atoms with Crippen molar-refractivity contribution in [1.29, 1.82) is 5.26 Å². The van der Waals surface area contributed by atoms with Crippen molar-refractivity contribution in [2.75, 3.05) is 0 Å². The zero-order valence-electron chi connectivity index (χ0n) is 4.81. The fourth-order valence-corrected chi connectivity index (χ4v) is 0.949. The minimum atomic E-state index is -0.488. The number of aromatic nitrogens is 1. The van der Waals surface area contributed by atoms with Crippen molar-refractivity contribution in [3.63, 3.8) is 0 Å². The molecular formula is C6H2FIN2. The molecule has 0 amide bonds. The molecule has 0 saturated heterocycles. The van der Waals surface area contributed by atoms with E-state index in [0.717, 1.165) is 0 Å². The fourth-order valence-electron chi connectivity index (χ4n) is 0.497. The molecule has 0 aliphatic carbocycles. The van der Waals surface area contributed by atoms with E-state index in [1.807, 2.05) is 0 Å². The third-order valence-corrected chi connectivity index (χ3v) is 1.71. The Morgan fingerprint density at radius 2 is 2.30 bits per heavy atom. The Hall–Kier alpha value is -0.700. The van der Waals surface area contributed by atoms with Crippen molar-refractivity contribution in [1.82, 2.24) is 4.98 Å². The van der Waals surface area contributed by atoms with Crippen LogP contribution in [0.1, 0.15) is 5.56 Å². The van der Waals surface area contributed by atoms with Gasteiger partial charge < -0.3 is 0 Å². The highest BCUT2D eigenvalue weighted by atomic mass is 127. The Morgan fingerprint density at radius 1 is 1.60 bits per heavy atom. The van der Waals surface area contributed by atoms with Crippen LogP contribution in [0.4, 0.5) is 4.39 Å². The Morgan fingerprint density at radius 3 is 2.80 bits per heavy atom. The molecule has 0 saturated carbocycles. The largest absolute Gasteiger partial charge is 0.262 e. The van der Waals surface area contributed by atoms with E-state index in [-0.39, 0.29) is 5.56 Å². The summed E-state index contributed by atoms with van der Waals surface area (Å²) < 4.78 is 13.1. The van der Waals surface area contributed by atoms with Gasteiger partial charge in [-0.3, -0.25) is 4.98 Å². The van der Waals surface area contributed by atoms with Crippen LogP contribution in [0.15, 0.2) is 12.4 Å². The second-order valence-corrected chi connectivity index (χ2v) is 2.76. The van der Waals surface area contributed by atoms with Crippen LogP contribution in [0.5, 0.6) is 0 Å². The molecule has 0 unspecified atom stereocenters. The highest BCUT2D eigenvalue weighted by Gasteiger charge is 2.03. The Kier molecular flexibility index (Phi) is 2.17. The van der Waals surface area contributed by atoms with Crippen molar-refractivity contribution < 1.29 is 4.39 Å². The molecule has 50 valence electrons. The summed E-state index contributed by atoms with van der Waals surface area (Å²) in [6.07, 6.45) is 2.58. The summed E-state index contributed by atoms with van der Waals surface area (Å²) in [4.78, 5) is 3.65. The number of rotatable bonds is 0. The van der Waals surface area contributed by atoms with E-state index in [4.69, 9.17) is 5.26 Å². The van der Waals surface area contributed by atoms with Gasteiger partial charge in [-0.2, -0.15) is 5.26 Å². The maximum Gasteiger partial charge on any atom is 0.157 e. The monoisotopic (exact) mass is 248 g/mol. The standard InChI is InChI=1S/C6H2FIN2/c7-6-4(1-9)2-10-3-5(6)8/h2-3H. The van der Waals surface area contributed by atoms with Crippen LogP contribution in [0.25, 0.3) is 0 Å². The molecule has 10 heavy (non-hydrogen) atoms. The molecule has 0 atom stereocenters. The van der Waals surface area contributed by atoms with Gasteiger partial charge in [0.1, 0.15) is 11.6 Å². The molecule has 1 rings (SSSR count). The summed E-state index contributed by atoms with van der Waals surface area (Å²) in [6, 6.07) is 1.69. The van der Waals surface area contributed by atoms with E-state index >= 15 is 0 Å². The molecule has 0 aliphatic heterocycles. The molecule has 0 aromatic carbocycles. The van der Waals surface area contributed by atoms with Crippen LogP contribution < -0.4 is 0 Å². The van der Waals surface area contributed by atoms with Gasteiger partial charge in [-0.1, -0.05) is 0 Å². The van der Waals surface area contributed by atoms with E-state index in [1.54, 1.807) is 28.7 Å². The van der Waals surface area contributed by atoms with Crippen molar-refractivity contribution in [3.8, 4) is 6.07 Å². The summed E-state index contributed by atoms with van der Waals surface area (Å²) in [6.45, 7) is 0. The first-order valence-corrected chi connectivity index (χ1v) is 3.52. The Labute approximate surface area is 70.8 Å². The van der Waals surface area contributed by atoms with Crippen LogP contribution in [-0.2, 0) is 0 Å². The molecule has 1 aromatic rings. The summed E-state index contributed by atoms with van der Waals surface area (Å²) in [5, 5.41) is 8.31. The topological polar surface area (TPSA) is 36.7 Å². The molecule has 1 aromatic heterocycles. The first-order valence-electron chi connectivity index (χ1n) is 2.45. The SMILES string of the molecule is N#Cc1cncc(I)c1F. The normalized spacial score (nSPS) is 8.90. The molecule has 0 radical (unpaired) electrons. The number of hydrogen-bond acceptors (Lipinski definition) is 2. The number of hydrogen-bond donors (Lipinski definition) is 0. The smallest absolute Gasteiger partial charge is 0.157 e. The maximum absolute atomic E-state index is 12.7. The molecule has 2 nitrogen and oxygen atoms in total. The van der Waals surface area contributed by atoms with E-state index < -0.39 is 5.82 Å². The summed E-state index contributed by atoms with van der Waals surface area (Å²) in [5.41, 5.74) is -0.00750. The van der Waals surface area contributed by atoms with Gasteiger partial charge in [0, 0.05) is 12.4 Å². The van der Waals surface area contributed by atoms with E-state index in [2.05, 4.69) is 4.98 Å². The third kappa shape index (κ3) is 1.24. The van der Waals surface area contributed by atoms with Gasteiger partial charge in [-0.25, -0.2) is 4.39 Å². The fraction of sp³-hybridized carbons (Fsp3) is 0. The third-order valence-electron chi connectivity index (χ3n) is 0.958. The van der Waals surface area contributed by atoms with E-state index in [9.17, 15) is 4.39 Å². The lowest BCUT2D eigenvalue weighted by Crippen LogP contribution is -1.88. The van der Waals surface area contributed by atoms with Crippen molar-refractivity contribution in [2.45, 2.75) is 0 Å². The molecule has 0 fully saturated rings. The highest BCUT2D eigenvalue weighted by Crippen LogP contribution is 2.11. The van der Waals surface area contributed by atoms with Gasteiger partial charge in [-0.15, -0.1) is 0 Å². The molecule has 1 heterocycles. The Bertz CT molecular complexity index is 292. The number of halogens is 2. The van der Waals surface area contributed by atoms with Gasteiger partial charge in [0.05, 0.1) is 3.57 Å². The lowest BCUT2D eigenvalue weighted by molar-refractivity contribution is 0.613. The van der Waals surface area contributed by atoms with Crippen molar-refractivity contribution in [3.05, 3.63) is 27.3 Å². The molecular weight excluding hydrogens is 246 g/mol. The zero-order chi connectivity index (χ0) is 7.56. The van der Waals surface area contributed by atoms with Gasteiger partial charge in [0.25, 0.3) is 0 Å². The minimum absolute atomic E-state index is 0.00750. The Balaban J connectivity index is 3.31. The average molecular weight is 248 g/mol. The summed E-state index contributed by atoms with van der Waals surface area (Å²) >= 11 is 1.78. The number of pyridine rings is 1. The number of nitrogens with zero attached hydrogens (tertiary/aromatic N) is 2. The summed E-state index contributed by atoms with van der Waals surface area (Å²) in [5.74, 6) is -0.488. The predicted molar refractivity (Wildman–Crippen MR) is 41.6 cm³/mol. The average Bonchev–Trinajstić information content (AvgIpc) is 1.95. The lowest BCUT2D eigenvalue weighted by Gasteiger charge is -1.92. The molecule has 0 N–H and O–H groups in total. The zero-order valence-corrected chi connectivity index (χ0v) is 6.96. The molecule has 0 bridgehead atoms. The second-order valence-electron chi connectivity index (χ2n) is 1.59. The minimum Gasteiger partial charge on any atom is -0.262 e. The second kappa shape index (κ2) is 2.92. The van der Waals surface area contributed by atoms with Gasteiger partial charge in [-0.05, 0) is 22.6 Å². The number of nitriles is 1. The van der Waals surface area contributed by atoms with Crippen molar-refractivity contribution >= 4 is 22.6 Å². The van der Waals surface area contributed by atoms with E-state index in [1.165, 1.54) is 12.4 Å². The van der Waals surface area contributed by atoms with Gasteiger partial charge in [0.2, 0.25) is 0 Å². The van der Waals surface area contributed by atoms with Crippen LogP contribution in [0.2, 0.25) is 0 Å². The van der Waals surface area contributed by atoms with Crippen LogP contribution in [0.3, 0.4) is 0 Å². The van der Waals surface area contributed by atoms with E-state index in [0.29, 0.717) is 3.57 Å². The van der Waals surface area contributed by atoms with Crippen LogP contribution >= 0.6 is 22.6 Å². The first kappa shape index (κ1) is 7.41. The summed E-state index contributed by atoms with van der Waals surface area (Å²) in [7, 11) is 0. The van der Waals surface area contributed by atoms with Gasteiger partial charge in [0.15, 0.2) is 5.82 Å². The van der Waals surface area contributed by atoms with Crippen molar-refractivity contribution in [2.24, 2.45) is 0 Å². The highest BCUT2D eigenvalue weighted by molar-refractivity contribution is 14.1. The van der Waals surface area contributed by atoms with Crippen LogP contribution in [-0.4, -0.2) is 4.98 Å². The molecule has 0 spiro atoms. The predicted octanol–water partition coefficient (Wildman–Crippen LogP) is 1.70. The lowest BCUT2D eigenvalue weighted by atomic mass is 10.3. The quantitative estimate of drug-likeness (QED) is 0.655.